The van der Waals surface area contributed by atoms with Crippen molar-refractivity contribution in [2.75, 3.05) is 6.54 Å². The van der Waals surface area contributed by atoms with Crippen LogP contribution in [-0.2, 0) is 9.59 Å². The molecule has 1 aliphatic carbocycles. The number of hydrogen-bond acceptors (Lipinski definition) is 3. The predicted octanol–water partition coefficient (Wildman–Crippen LogP) is 0.145. The maximum absolute atomic E-state index is 11.5. The fourth-order valence-corrected chi connectivity index (χ4v) is 1.36. The Kier molecular flexibility index (Phi) is 5.41. The van der Waals surface area contributed by atoms with Crippen LogP contribution in [0.4, 0.5) is 0 Å². The SMILES string of the molecule is CC(C)C(N)CC(=O)NCCC(=O)NC1CC1. The van der Waals surface area contributed by atoms with E-state index >= 15 is 0 Å². The van der Waals surface area contributed by atoms with E-state index in [9.17, 15) is 9.59 Å². The second-order valence-corrected chi connectivity index (χ2v) is 5.05. The van der Waals surface area contributed by atoms with Crippen LogP contribution >= 0.6 is 0 Å². The summed E-state index contributed by atoms with van der Waals surface area (Å²) in [7, 11) is 0. The summed E-state index contributed by atoms with van der Waals surface area (Å²) in [6, 6.07) is 0.267. The van der Waals surface area contributed by atoms with Crippen LogP contribution in [0.5, 0.6) is 0 Å². The molecule has 98 valence electrons. The third kappa shape index (κ3) is 6.26. The first kappa shape index (κ1) is 14.0. The molecule has 5 nitrogen and oxygen atoms in total. The Hall–Kier alpha value is -1.10. The Morgan fingerprint density at radius 2 is 1.94 bits per heavy atom. The first-order valence-corrected chi connectivity index (χ1v) is 6.30. The summed E-state index contributed by atoms with van der Waals surface area (Å²) in [6.45, 7) is 4.37. The molecule has 17 heavy (non-hydrogen) atoms. The van der Waals surface area contributed by atoms with Crippen molar-refractivity contribution in [3.8, 4) is 0 Å². The van der Waals surface area contributed by atoms with Gasteiger partial charge in [0, 0.05) is 31.5 Å². The molecule has 1 aliphatic rings. The number of nitrogens with two attached hydrogens (primary N) is 1. The molecule has 1 fully saturated rings. The van der Waals surface area contributed by atoms with E-state index in [1.807, 2.05) is 13.8 Å². The van der Waals surface area contributed by atoms with Gasteiger partial charge in [0.25, 0.3) is 0 Å². The second-order valence-electron chi connectivity index (χ2n) is 5.05. The van der Waals surface area contributed by atoms with Crippen molar-refractivity contribution in [1.29, 1.82) is 0 Å². The molecule has 4 N–H and O–H groups in total. The highest BCUT2D eigenvalue weighted by molar-refractivity contribution is 5.79. The molecule has 0 aromatic heterocycles. The molecule has 2 amide bonds. The van der Waals surface area contributed by atoms with Gasteiger partial charge in [-0.05, 0) is 18.8 Å². The highest BCUT2D eigenvalue weighted by Crippen LogP contribution is 2.18. The van der Waals surface area contributed by atoms with Crippen molar-refractivity contribution >= 4 is 11.8 Å². The van der Waals surface area contributed by atoms with Crippen molar-refractivity contribution in [2.24, 2.45) is 11.7 Å². The highest BCUT2D eigenvalue weighted by atomic mass is 16.2. The molecule has 1 rings (SSSR count). The normalized spacial score (nSPS) is 16.7. The first-order chi connectivity index (χ1) is 7.99. The third-order valence-electron chi connectivity index (χ3n) is 2.89. The van der Waals surface area contributed by atoms with Gasteiger partial charge < -0.3 is 16.4 Å². The van der Waals surface area contributed by atoms with Crippen LogP contribution in [0.1, 0.15) is 39.5 Å². The minimum absolute atomic E-state index is 0.0148. The first-order valence-electron chi connectivity index (χ1n) is 6.30. The summed E-state index contributed by atoms with van der Waals surface area (Å²) < 4.78 is 0. The lowest BCUT2D eigenvalue weighted by Gasteiger charge is -2.14. The van der Waals surface area contributed by atoms with Gasteiger partial charge in [-0.15, -0.1) is 0 Å². The zero-order chi connectivity index (χ0) is 12.8. The molecule has 5 heteroatoms. The van der Waals surface area contributed by atoms with Crippen LogP contribution < -0.4 is 16.4 Å². The standard InChI is InChI=1S/C12H23N3O2/c1-8(2)10(13)7-12(17)14-6-5-11(16)15-9-3-4-9/h8-10H,3-7,13H2,1-2H3,(H,14,17)(H,15,16). The van der Waals surface area contributed by atoms with Gasteiger partial charge >= 0.3 is 0 Å². The number of hydrogen-bond donors (Lipinski definition) is 3. The van der Waals surface area contributed by atoms with Gasteiger partial charge in [0.05, 0.1) is 0 Å². The molecule has 0 aliphatic heterocycles. The topological polar surface area (TPSA) is 84.2 Å². The fourth-order valence-electron chi connectivity index (χ4n) is 1.36. The monoisotopic (exact) mass is 241 g/mol. The number of carbonyl (C=O) groups is 2. The Bertz CT molecular complexity index is 275. The molecule has 0 radical (unpaired) electrons. The summed E-state index contributed by atoms with van der Waals surface area (Å²) in [5, 5.41) is 5.58. The zero-order valence-electron chi connectivity index (χ0n) is 10.7. The van der Waals surface area contributed by atoms with Crippen molar-refractivity contribution in [3.05, 3.63) is 0 Å². The number of nitrogens with one attached hydrogen (secondary N) is 2. The van der Waals surface area contributed by atoms with Crippen LogP contribution in [0.25, 0.3) is 0 Å². The van der Waals surface area contributed by atoms with E-state index in [4.69, 9.17) is 5.73 Å². The van der Waals surface area contributed by atoms with Gasteiger partial charge in [-0.1, -0.05) is 13.8 Å². The number of rotatable bonds is 7. The lowest BCUT2D eigenvalue weighted by Crippen LogP contribution is -2.36. The Morgan fingerprint density at radius 1 is 1.29 bits per heavy atom. The maximum Gasteiger partial charge on any atom is 0.221 e. The minimum atomic E-state index is -0.115. The molecule has 1 atom stereocenters. The van der Waals surface area contributed by atoms with Gasteiger partial charge in [0.1, 0.15) is 0 Å². The van der Waals surface area contributed by atoms with Crippen LogP contribution in [0, 0.1) is 5.92 Å². The Morgan fingerprint density at radius 3 is 2.47 bits per heavy atom. The number of carbonyl (C=O) groups excluding carboxylic acids is 2. The van der Waals surface area contributed by atoms with Crippen LogP contribution in [0.3, 0.4) is 0 Å². The predicted molar refractivity (Wildman–Crippen MR) is 66.2 cm³/mol. The lowest BCUT2D eigenvalue weighted by molar-refractivity contribution is -0.122. The van der Waals surface area contributed by atoms with Crippen molar-refractivity contribution < 1.29 is 9.59 Å². The Labute approximate surface area is 103 Å². The van der Waals surface area contributed by atoms with Crippen LogP contribution in [0.15, 0.2) is 0 Å². The Balaban J connectivity index is 2.04. The van der Waals surface area contributed by atoms with E-state index in [0.29, 0.717) is 31.3 Å². The molecule has 1 unspecified atom stereocenters. The van der Waals surface area contributed by atoms with E-state index in [1.54, 1.807) is 0 Å². The van der Waals surface area contributed by atoms with E-state index in [-0.39, 0.29) is 17.9 Å². The fraction of sp³-hybridized carbons (Fsp3) is 0.833. The molecule has 0 bridgehead atoms. The molecule has 0 aromatic rings. The molecule has 0 saturated heterocycles. The molecule has 0 aromatic carbocycles. The lowest BCUT2D eigenvalue weighted by atomic mass is 10.0. The second kappa shape index (κ2) is 6.59. The summed E-state index contributed by atoms with van der Waals surface area (Å²) in [5.74, 6) is 0.227. The van der Waals surface area contributed by atoms with Gasteiger partial charge in [-0.25, -0.2) is 0 Å². The van der Waals surface area contributed by atoms with Crippen molar-refractivity contribution in [2.45, 2.75) is 51.6 Å². The van der Waals surface area contributed by atoms with Crippen molar-refractivity contribution in [3.63, 3.8) is 0 Å². The van der Waals surface area contributed by atoms with E-state index < -0.39 is 0 Å². The molecular formula is C12H23N3O2. The molecular weight excluding hydrogens is 218 g/mol. The molecule has 1 saturated carbocycles. The van der Waals surface area contributed by atoms with Crippen LogP contribution in [0.2, 0.25) is 0 Å². The summed E-state index contributed by atoms with van der Waals surface area (Å²) in [4.78, 5) is 22.8. The number of amides is 2. The van der Waals surface area contributed by atoms with E-state index in [2.05, 4.69) is 10.6 Å². The quantitative estimate of drug-likeness (QED) is 0.593. The average molecular weight is 241 g/mol. The maximum atomic E-state index is 11.5. The van der Waals surface area contributed by atoms with E-state index in [1.165, 1.54) is 0 Å². The molecule has 0 spiro atoms. The van der Waals surface area contributed by atoms with Crippen LogP contribution in [-0.4, -0.2) is 30.4 Å². The van der Waals surface area contributed by atoms with Gasteiger partial charge in [-0.3, -0.25) is 9.59 Å². The summed E-state index contributed by atoms with van der Waals surface area (Å²) >= 11 is 0. The smallest absolute Gasteiger partial charge is 0.221 e. The average Bonchev–Trinajstić information content (AvgIpc) is 3.01. The van der Waals surface area contributed by atoms with Gasteiger partial charge in [0.15, 0.2) is 0 Å². The summed E-state index contributed by atoms with van der Waals surface area (Å²) in [6.07, 6.45) is 2.84. The molecule has 0 heterocycles. The highest BCUT2D eigenvalue weighted by Gasteiger charge is 2.22. The van der Waals surface area contributed by atoms with Gasteiger partial charge in [0.2, 0.25) is 11.8 Å². The third-order valence-corrected chi connectivity index (χ3v) is 2.89. The zero-order valence-corrected chi connectivity index (χ0v) is 10.7. The van der Waals surface area contributed by atoms with E-state index in [0.717, 1.165) is 12.8 Å². The largest absolute Gasteiger partial charge is 0.356 e. The minimum Gasteiger partial charge on any atom is -0.356 e. The summed E-state index contributed by atoms with van der Waals surface area (Å²) in [5.41, 5.74) is 5.78. The van der Waals surface area contributed by atoms with Gasteiger partial charge in [-0.2, -0.15) is 0 Å². The van der Waals surface area contributed by atoms with Crippen molar-refractivity contribution in [1.82, 2.24) is 10.6 Å².